The maximum absolute atomic E-state index is 12.1. The van der Waals surface area contributed by atoms with Crippen molar-refractivity contribution < 1.29 is 14.3 Å². The summed E-state index contributed by atoms with van der Waals surface area (Å²) in [6.07, 6.45) is 1.58. The zero-order valence-electron chi connectivity index (χ0n) is 15.0. The molecule has 136 valence electrons. The van der Waals surface area contributed by atoms with E-state index in [0.29, 0.717) is 17.9 Å². The summed E-state index contributed by atoms with van der Waals surface area (Å²) in [4.78, 5) is 12.1. The zero-order chi connectivity index (χ0) is 18.9. The minimum atomic E-state index is -0.283. The fourth-order valence-corrected chi connectivity index (χ4v) is 2.36. The van der Waals surface area contributed by atoms with Gasteiger partial charge in [-0.1, -0.05) is 30.3 Å². The lowest BCUT2D eigenvalue weighted by Crippen LogP contribution is -2.17. The molecule has 0 spiro atoms. The molecule has 0 heterocycles. The molecule has 5 heteroatoms. The minimum Gasteiger partial charge on any atom is -0.497 e. The number of nitrogens with zero attached hydrogens (tertiary/aromatic N) is 1. The van der Waals surface area contributed by atoms with Crippen LogP contribution in [0.15, 0.2) is 84.0 Å². The summed E-state index contributed by atoms with van der Waals surface area (Å²) in [6, 6.07) is 24.2. The van der Waals surface area contributed by atoms with Crippen molar-refractivity contribution in [3.8, 4) is 11.5 Å². The molecule has 0 fully saturated rings. The van der Waals surface area contributed by atoms with Gasteiger partial charge in [0.2, 0.25) is 0 Å². The molecule has 0 aliphatic rings. The van der Waals surface area contributed by atoms with E-state index in [1.807, 2.05) is 54.6 Å². The summed E-state index contributed by atoms with van der Waals surface area (Å²) < 4.78 is 10.8. The van der Waals surface area contributed by atoms with E-state index in [0.717, 1.165) is 16.9 Å². The van der Waals surface area contributed by atoms with E-state index in [9.17, 15) is 4.79 Å². The number of rotatable bonds is 7. The van der Waals surface area contributed by atoms with E-state index < -0.39 is 0 Å². The number of benzene rings is 3. The van der Waals surface area contributed by atoms with Crippen molar-refractivity contribution in [3.63, 3.8) is 0 Å². The normalized spacial score (nSPS) is 10.6. The molecule has 3 aromatic carbocycles. The van der Waals surface area contributed by atoms with Crippen LogP contribution in [0.4, 0.5) is 0 Å². The largest absolute Gasteiger partial charge is 0.497 e. The molecule has 5 nitrogen and oxygen atoms in total. The molecule has 0 aromatic heterocycles. The summed E-state index contributed by atoms with van der Waals surface area (Å²) in [6.45, 7) is 0.485. The lowest BCUT2D eigenvalue weighted by Gasteiger charge is -2.07. The topological polar surface area (TPSA) is 59.9 Å². The highest BCUT2D eigenvalue weighted by molar-refractivity contribution is 5.95. The first-order valence-electron chi connectivity index (χ1n) is 8.49. The number of hydrogen-bond donors (Lipinski definition) is 1. The Bertz CT molecular complexity index is 889. The standard InChI is InChI=1S/C22H20N2O3/c1-26-20-11-7-17(8-12-20)15-23-24-22(25)19-9-13-21(14-10-19)27-16-18-5-3-2-4-6-18/h2-15H,16H2,1H3,(H,24,25). The molecule has 0 bridgehead atoms. The summed E-state index contributed by atoms with van der Waals surface area (Å²) >= 11 is 0. The van der Waals surface area contributed by atoms with Crippen molar-refractivity contribution in [2.24, 2.45) is 5.10 Å². The molecule has 3 aromatic rings. The number of methoxy groups -OCH3 is 1. The third-order valence-corrected chi connectivity index (χ3v) is 3.86. The van der Waals surface area contributed by atoms with Crippen molar-refractivity contribution in [1.29, 1.82) is 0 Å². The van der Waals surface area contributed by atoms with Gasteiger partial charge >= 0.3 is 0 Å². The number of nitrogens with one attached hydrogen (secondary N) is 1. The predicted molar refractivity (Wildman–Crippen MR) is 105 cm³/mol. The van der Waals surface area contributed by atoms with E-state index in [2.05, 4.69) is 10.5 Å². The van der Waals surface area contributed by atoms with Gasteiger partial charge in [-0.15, -0.1) is 0 Å². The maximum Gasteiger partial charge on any atom is 0.271 e. The Morgan fingerprint density at radius 2 is 1.59 bits per heavy atom. The highest BCUT2D eigenvalue weighted by atomic mass is 16.5. The average molecular weight is 360 g/mol. The van der Waals surface area contributed by atoms with E-state index in [-0.39, 0.29) is 5.91 Å². The Labute approximate surface area is 158 Å². The molecule has 0 atom stereocenters. The Kier molecular flexibility index (Phi) is 6.20. The van der Waals surface area contributed by atoms with Gasteiger partial charge in [-0.2, -0.15) is 5.10 Å². The van der Waals surface area contributed by atoms with Gasteiger partial charge in [0.05, 0.1) is 13.3 Å². The van der Waals surface area contributed by atoms with Crippen LogP contribution in [-0.2, 0) is 6.61 Å². The second kappa shape index (κ2) is 9.20. The Morgan fingerprint density at radius 1 is 0.926 bits per heavy atom. The Morgan fingerprint density at radius 3 is 2.26 bits per heavy atom. The van der Waals surface area contributed by atoms with Crippen molar-refractivity contribution >= 4 is 12.1 Å². The molecule has 1 amide bonds. The summed E-state index contributed by atoms with van der Waals surface area (Å²) in [5, 5.41) is 3.98. The summed E-state index contributed by atoms with van der Waals surface area (Å²) in [7, 11) is 1.61. The molecule has 1 N–H and O–H groups in total. The second-order valence-corrected chi connectivity index (χ2v) is 5.77. The van der Waals surface area contributed by atoms with Crippen LogP contribution in [0.1, 0.15) is 21.5 Å². The van der Waals surface area contributed by atoms with Crippen LogP contribution in [0.25, 0.3) is 0 Å². The van der Waals surface area contributed by atoms with E-state index in [1.165, 1.54) is 0 Å². The highest BCUT2D eigenvalue weighted by Gasteiger charge is 2.04. The van der Waals surface area contributed by atoms with Crippen LogP contribution in [0.3, 0.4) is 0 Å². The molecule has 0 saturated heterocycles. The average Bonchev–Trinajstić information content (AvgIpc) is 2.74. The van der Waals surface area contributed by atoms with Gasteiger partial charge in [0.15, 0.2) is 0 Å². The fourth-order valence-electron chi connectivity index (χ4n) is 2.36. The smallest absolute Gasteiger partial charge is 0.271 e. The highest BCUT2D eigenvalue weighted by Crippen LogP contribution is 2.14. The van der Waals surface area contributed by atoms with E-state index in [4.69, 9.17) is 9.47 Å². The molecular weight excluding hydrogens is 340 g/mol. The van der Waals surface area contributed by atoms with Crippen LogP contribution in [0.5, 0.6) is 11.5 Å². The molecule has 0 unspecified atom stereocenters. The van der Waals surface area contributed by atoms with Gasteiger partial charge in [-0.3, -0.25) is 4.79 Å². The zero-order valence-corrected chi connectivity index (χ0v) is 15.0. The van der Waals surface area contributed by atoms with Crippen LogP contribution >= 0.6 is 0 Å². The van der Waals surface area contributed by atoms with Gasteiger partial charge in [0, 0.05) is 5.56 Å². The number of carbonyl (C=O) groups excluding carboxylic acids is 1. The Balaban J connectivity index is 1.51. The van der Waals surface area contributed by atoms with Crippen LogP contribution in [0.2, 0.25) is 0 Å². The third kappa shape index (κ3) is 5.44. The van der Waals surface area contributed by atoms with Crippen molar-refractivity contribution in [3.05, 3.63) is 95.6 Å². The minimum absolute atomic E-state index is 0.283. The molecule has 27 heavy (non-hydrogen) atoms. The number of hydrazone groups is 1. The molecular formula is C22H20N2O3. The van der Waals surface area contributed by atoms with Gasteiger partial charge in [0.1, 0.15) is 18.1 Å². The number of hydrogen-bond acceptors (Lipinski definition) is 4. The summed E-state index contributed by atoms with van der Waals surface area (Å²) in [5.74, 6) is 1.19. The number of ether oxygens (including phenoxy) is 2. The van der Waals surface area contributed by atoms with Crippen LogP contribution in [-0.4, -0.2) is 19.2 Å². The molecule has 0 radical (unpaired) electrons. The first-order valence-corrected chi connectivity index (χ1v) is 8.49. The first-order chi connectivity index (χ1) is 13.2. The van der Waals surface area contributed by atoms with Crippen molar-refractivity contribution in [2.75, 3.05) is 7.11 Å². The van der Waals surface area contributed by atoms with Crippen molar-refractivity contribution in [2.45, 2.75) is 6.61 Å². The maximum atomic E-state index is 12.1. The van der Waals surface area contributed by atoms with E-state index >= 15 is 0 Å². The Hall–Kier alpha value is -3.60. The van der Waals surface area contributed by atoms with Crippen molar-refractivity contribution in [1.82, 2.24) is 5.43 Å². The first kappa shape index (κ1) is 18.2. The third-order valence-electron chi connectivity index (χ3n) is 3.86. The monoisotopic (exact) mass is 360 g/mol. The van der Waals surface area contributed by atoms with Crippen LogP contribution < -0.4 is 14.9 Å². The lowest BCUT2D eigenvalue weighted by atomic mass is 10.2. The molecule has 3 rings (SSSR count). The van der Waals surface area contributed by atoms with E-state index in [1.54, 1.807) is 37.6 Å². The van der Waals surface area contributed by atoms with Gasteiger partial charge in [-0.25, -0.2) is 5.43 Å². The second-order valence-electron chi connectivity index (χ2n) is 5.77. The number of carbonyl (C=O) groups is 1. The lowest BCUT2D eigenvalue weighted by molar-refractivity contribution is 0.0955. The predicted octanol–water partition coefficient (Wildman–Crippen LogP) is 4.04. The van der Waals surface area contributed by atoms with Crippen LogP contribution in [0, 0.1) is 0 Å². The fraction of sp³-hybridized carbons (Fsp3) is 0.0909. The van der Waals surface area contributed by atoms with Gasteiger partial charge in [0.25, 0.3) is 5.91 Å². The SMILES string of the molecule is COc1ccc(C=NNC(=O)c2ccc(OCc3ccccc3)cc2)cc1. The molecule has 0 aliphatic heterocycles. The quantitative estimate of drug-likeness (QED) is 0.511. The molecule has 0 aliphatic carbocycles. The number of amides is 1. The summed E-state index contributed by atoms with van der Waals surface area (Å²) in [5.41, 5.74) is 4.97. The van der Waals surface area contributed by atoms with Gasteiger partial charge < -0.3 is 9.47 Å². The molecule has 0 saturated carbocycles. The van der Waals surface area contributed by atoms with Gasteiger partial charge in [-0.05, 0) is 59.7 Å².